The standard InChI is InChI=1S/C15H39O7Si4/c1-10-11-24(22-23(8)9,12-14-25(16-2,17-3)18-4)13-15-26(19-5,20-6)21-7/h10-15H2,1-9H3. The topological polar surface area (TPSA) is 64.6 Å². The predicted molar refractivity (Wildman–Crippen MR) is 112 cm³/mol. The lowest BCUT2D eigenvalue weighted by Gasteiger charge is -2.37. The zero-order chi connectivity index (χ0) is 20.3. The van der Waals surface area contributed by atoms with Gasteiger partial charge in [-0.25, -0.2) is 0 Å². The SMILES string of the molecule is CCC[Si](CC[Si](OC)(OC)OC)(CC[Si](OC)(OC)OC)O[Si](C)C. The van der Waals surface area contributed by atoms with Gasteiger partial charge in [-0.1, -0.05) is 13.3 Å². The van der Waals surface area contributed by atoms with Crippen molar-refractivity contribution in [3.8, 4) is 0 Å². The third-order valence-corrected chi connectivity index (χ3v) is 18.3. The third kappa shape index (κ3) is 7.91. The molecule has 0 heterocycles. The molecule has 1 radical (unpaired) electrons. The monoisotopic (exact) mass is 443 g/mol. The Labute approximate surface area is 165 Å². The van der Waals surface area contributed by atoms with Crippen LogP contribution in [0.5, 0.6) is 0 Å². The van der Waals surface area contributed by atoms with Crippen molar-refractivity contribution in [3.05, 3.63) is 0 Å². The summed E-state index contributed by atoms with van der Waals surface area (Å²) < 4.78 is 40.5. The van der Waals surface area contributed by atoms with Gasteiger partial charge in [-0.3, -0.25) is 0 Å². The molecule has 11 heteroatoms. The highest BCUT2D eigenvalue weighted by atomic mass is 28.4. The molecule has 0 aromatic heterocycles. The van der Waals surface area contributed by atoms with Gasteiger partial charge in [-0.05, 0) is 31.2 Å². The van der Waals surface area contributed by atoms with Crippen LogP contribution in [0, 0.1) is 0 Å². The summed E-state index contributed by atoms with van der Waals surface area (Å²) in [6, 6.07) is 4.50. The van der Waals surface area contributed by atoms with Gasteiger partial charge in [-0.2, -0.15) is 0 Å². The van der Waals surface area contributed by atoms with Crippen LogP contribution in [0.3, 0.4) is 0 Å². The lowest BCUT2D eigenvalue weighted by molar-refractivity contribution is 0.124. The largest absolute Gasteiger partial charge is 0.499 e. The first-order valence-electron chi connectivity index (χ1n) is 9.06. The molecule has 0 spiro atoms. The zero-order valence-corrected chi connectivity index (χ0v) is 22.1. The second-order valence-electron chi connectivity index (χ2n) is 6.53. The molecule has 0 aliphatic rings. The molecule has 0 amide bonds. The number of rotatable bonds is 16. The normalized spacial score (nSPS) is 13.6. The lowest BCUT2D eigenvalue weighted by atomic mass is 10.6. The summed E-state index contributed by atoms with van der Waals surface area (Å²) >= 11 is 0. The van der Waals surface area contributed by atoms with Crippen molar-refractivity contribution in [2.75, 3.05) is 42.7 Å². The summed E-state index contributed by atoms with van der Waals surface area (Å²) in [5.74, 6) is 0. The highest BCUT2D eigenvalue weighted by Crippen LogP contribution is 2.34. The summed E-state index contributed by atoms with van der Waals surface area (Å²) in [5, 5.41) is 0. The van der Waals surface area contributed by atoms with E-state index in [1.807, 2.05) is 0 Å². The highest BCUT2D eigenvalue weighted by Gasteiger charge is 2.47. The van der Waals surface area contributed by atoms with E-state index in [2.05, 4.69) is 20.0 Å². The molecule has 157 valence electrons. The molecule has 0 aromatic rings. The molecule has 0 N–H and O–H groups in total. The van der Waals surface area contributed by atoms with Gasteiger partial charge in [0.1, 0.15) is 0 Å². The molecular weight excluding hydrogens is 405 g/mol. The van der Waals surface area contributed by atoms with Crippen LogP contribution in [0.15, 0.2) is 0 Å². The fourth-order valence-electron chi connectivity index (χ4n) is 3.29. The van der Waals surface area contributed by atoms with Crippen molar-refractivity contribution in [1.82, 2.24) is 0 Å². The molecule has 26 heavy (non-hydrogen) atoms. The van der Waals surface area contributed by atoms with E-state index < -0.39 is 35.0 Å². The van der Waals surface area contributed by atoms with Crippen molar-refractivity contribution >= 4 is 35.0 Å². The highest BCUT2D eigenvalue weighted by molar-refractivity contribution is 6.82. The molecule has 0 aliphatic heterocycles. The maximum atomic E-state index is 6.69. The van der Waals surface area contributed by atoms with Crippen LogP contribution in [0.2, 0.25) is 43.3 Å². The Morgan fingerprint density at radius 1 is 0.577 bits per heavy atom. The van der Waals surface area contributed by atoms with E-state index in [1.54, 1.807) is 42.7 Å². The van der Waals surface area contributed by atoms with Crippen molar-refractivity contribution in [2.45, 2.75) is 56.7 Å². The van der Waals surface area contributed by atoms with Crippen molar-refractivity contribution in [2.24, 2.45) is 0 Å². The smallest absolute Gasteiger partial charge is 0.455 e. The summed E-state index contributed by atoms with van der Waals surface area (Å²) in [6.45, 7) is 6.61. The molecule has 0 rings (SSSR count). The first kappa shape index (κ1) is 26.6. The Morgan fingerprint density at radius 3 is 1.15 bits per heavy atom. The van der Waals surface area contributed by atoms with Crippen LogP contribution in [0.4, 0.5) is 0 Å². The van der Waals surface area contributed by atoms with Gasteiger partial charge in [-0.15, -0.1) is 0 Å². The summed E-state index contributed by atoms with van der Waals surface area (Å²) in [7, 11) is 1.85. The van der Waals surface area contributed by atoms with E-state index in [4.69, 9.17) is 30.7 Å². The minimum Gasteiger partial charge on any atom is -0.455 e. The van der Waals surface area contributed by atoms with E-state index in [0.717, 1.165) is 36.6 Å². The molecule has 0 bridgehead atoms. The van der Waals surface area contributed by atoms with Gasteiger partial charge >= 0.3 is 17.6 Å². The summed E-state index contributed by atoms with van der Waals surface area (Å²) in [6.07, 6.45) is 1.09. The minimum absolute atomic E-state index is 0.763. The Kier molecular flexibility index (Phi) is 13.2. The van der Waals surface area contributed by atoms with E-state index in [9.17, 15) is 0 Å². The Bertz CT molecular complexity index is 325. The van der Waals surface area contributed by atoms with Crippen LogP contribution in [-0.4, -0.2) is 77.6 Å². The molecule has 0 unspecified atom stereocenters. The summed E-state index contributed by atoms with van der Waals surface area (Å²) in [4.78, 5) is 0. The first-order chi connectivity index (χ1) is 12.3. The van der Waals surface area contributed by atoms with Crippen LogP contribution < -0.4 is 0 Å². The second-order valence-corrected chi connectivity index (χ2v) is 19.2. The van der Waals surface area contributed by atoms with Gasteiger partial charge in [0.2, 0.25) is 0 Å². The second kappa shape index (κ2) is 12.9. The zero-order valence-electron chi connectivity index (χ0n) is 18.1. The molecule has 0 fully saturated rings. The summed E-state index contributed by atoms with van der Waals surface area (Å²) in [5.41, 5.74) is 0. The molecule has 0 aliphatic carbocycles. The van der Waals surface area contributed by atoms with Gasteiger partial charge < -0.3 is 30.7 Å². The van der Waals surface area contributed by atoms with Gasteiger partial charge in [0.15, 0.2) is 17.4 Å². The van der Waals surface area contributed by atoms with Crippen LogP contribution in [-0.2, 0) is 30.7 Å². The predicted octanol–water partition coefficient (Wildman–Crippen LogP) is 3.37. The molecule has 0 atom stereocenters. The van der Waals surface area contributed by atoms with Crippen molar-refractivity contribution in [1.29, 1.82) is 0 Å². The lowest BCUT2D eigenvalue weighted by Crippen LogP contribution is -2.50. The number of hydrogen-bond acceptors (Lipinski definition) is 7. The fourth-order valence-corrected chi connectivity index (χ4v) is 18.0. The van der Waals surface area contributed by atoms with Gasteiger partial charge in [0.25, 0.3) is 0 Å². The fraction of sp³-hybridized carbons (Fsp3) is 1.00. The Balaban J connectivity index is 5.45. The Hall–Kier alpha value is 0.588. The number of hydrogen-bond donors (Lipinski definition) is 0. The van der Waals surface area contributed by atoms with Crippen LogP contribution >= 0.6 is 0 Å². The average Bonchev–Trinajstić information content (AvgIpc) is 2.64. The maximum absolute atomic E-state index is 6.69. The van der Waals surface area contributed by atoms with Crippen molar-refractivity contribution in [3.63, 3.8) is 0 Å². The van der Waals surface area contributed by atoms with Crippen LogP contribution in [0.25, 0.3) is 0 Å². The van der Waals surface area contributed by atoms with E-state index in [-0.39, 0.29) is 0 Å². The van der Waals surface area contributed by atoms with Crippen LogP contribution in [0.1, 0.15) is 13.3 Å². The molecule has 0 aromatic carbocycles. The maximum Gasteiger partial charge on any atom is 0.499 e. The average molecular weight is 444 g/mol. The van der Waals surface area contributed by atoms with Crippen molar-refractivity contribution < 1.29 is 30.7 Å². The van der Waals surface area contributed by atoms with Gasteiger partial charge in [0.05, 0.1) is 0 Å². The molecule has 7 nitrogen and oxygen atoms in total. The van der Waals surface area contributed by atoms with E-state index >= 15 is 0 Å². The first-order valence-corrected chi connectivity index (χ1v) is 17.9. The van der Waals surface area contributed by atoms with Gasteiger partial charge in [0, 0.05) is 54.7 Å². The molecule has 0 saturated carbocycles. The van der Waals surface area contributed by atoms with E-state index in [1.165, 1.54) is 0 Å². The third-order valence-electron chi connectivity index (χ3n) is 4.77. The quantitative estimate of drug-likeness (QED) is 0.339. The van der Waals surface area contributed by atoms with E-state index in [0.29, 0.717) is 0 Å². The minimum atomic E-state index is -2.62. The molecule has 0 saturated heterocycles. The molecular formula is C15H39O7Si4. The Morgan fingerprint density at radius 2 is 0.923 bits per heavy atom.